The van der Waals surface area contributed by atoms with E-state index in [0.717, 1.165) is 24.4 Å². The topological polar surface area (TPSA) is 68.9 Å². The van der Waals surface area contributed by atoms with Crippen LogP contribution >= 0.6 is 0 Å². The van der Waals surface area contributed by atoms with E-state index in [2.05, 4.69) is 17.2 Å². The summed E-state index contributed by atoms with van der Waals surface area (Å²) in [6.07, 6.45) is 6.28. The number of nitrogens with one attached hydrogen (secondary N) is 1. The fraction of sp³-hybridized carbons (Fsp3) is 0.588. The van der Waals surface area contributed by atoms with Crippen LogP contribution in [-0.2, 0) is 0 Å². The third-order valence-electron chi connectivity index (χ3n) is 4.67. The molecule has 0 aromatic heterocycles. The van der Waals surface area contributed by atoms with Crippen molar-refractivity contribution in [2.24, 2.45) is 16.1 Å². The first-order valence-electron chi connectivity index (χ1n) is 7.91. The summed E-state index contributed by atoms with van der Waals surface area (Å²) in [6.45, 7) is 3.03. The molecule has 0 spiro atoms. The van der Waals surface area contributed by atoms with Gasteiger partial charge in [-0.1, -0.05) is 19.8 Å². The Balaban J connectivity index is 2.07. The van der Waals surface area contributed by atoms with Crippen molar-refractivity contribution in [3.8, 4) is 11.5 Å². The van der Waals surface area contributed by atoms with Crippen molar-refractivity contribution in [1.82, 2.24) is 0 Å². The second-order valence-electron chi connectivity index (χ2n) is 5.95. The van der Waals surface area contributed by atoms with Gasteiger partial charge in [0.15, 0.2) is 5.96 Å². The molecule has 0 radical (unpaired) electrons. The van der Waals surface area contributed by atoms with Gasteiger partial charge in [-0.2, -0.15) is 0 Å². The molecule has 0 heterocycles. The normalized spacial score (nSPS) is 17.3. The van der Waals surface area contributed by atoms with Crippen LogP contribution in [0.2, 0.25) is 0 Å². The molecule has 0 amide bonds. The summed E-state index contributed by atoms with van der Waals surface area (Å²) < 4.78 is 10.6. The van der Waals surface area contributed by atoms with Gasteiger partial charge in [-0.25, -0.2) is 0 Å². The number of rotatable bonds is 6. The van der Waals surface area contributed by atoms with Crippen LogP contribution in [0, 0.1) is 5.41 Å². The van der Waals surface area contributed by atoms with Crippen molar-refractivity contribution >= 4 is 11.6 Å². The van der Waals surface area contributed by atoms with Crippen molar-refractivity contribution in [3.05, 3.63) is 18.2 Å². The number of methoxy groups -OCH3 is 2. The SMILES string of the molecule is CCC1(CN=C(N)Nc2cc(OC)ccc2OC)CCCC1. The molecule has 22 heavy (non-hydrogen) atoms. The maximum absolute atomic E-state index is 6.06. The van der Waals surface area contributed by atoms with Gasteiger partial charge in [-0.3, -0.25) is 4.99 Å². The Hall–Kier alpha value is -1.91. The van der Waals surface area contributed by atoms with Crippen LogP contribution in [0.4, 0.5) is 5.69 Å². The number of hydrogen-bond donors (Lipinski definition) is 2. The van der Waals surface area contributed by atoms with Crippen molar-refractivity contribution in [1.29, 1.82) is 0 Å². The van der Waals surface area contributed by atoms with E-state index in [-0.39, 0.29) is 0 Å². The number of ether oxygens (including phenoxy) is 2. The fourth-order valence-corrected chi connectivity index (χ4v) is 3.09. The summed E-state index contributed by atoms with van der Waals surface area (Å²) in [7, 11) is 3.26. The van der Waals surface area contributed by atoms with E-state index in [0.29, 0.717) is 17.1 Å². The van der Waals surface area contributed by atoms with Crippen molar-refractivity contribution in [3.63, 3.8) is 0 Å². The van der Waals surface area contributed by atoms with Crippen LogP contribution in [0.25, 0.3) is 0 Å². The molecule has 0 unspecified atom stereocenters. The van der Waals surface area contributed by atoms with E-state index >= 15 is 0 Å². The van der Waals surface area contributed by atoms with Gasteiger partial charge in [-0.05, 0) is 36.8 Å². The van der Waals surface area contributed by atoms with Gasteiger partial charge in [0.2, 0.25) is 0 Å². The predicted molar refractivity (Wildman–Crippen MR) is 90.9 cm³/mol. The van der Waals surface area contributed by atoms with Crippen LogP contribution in [0.1, 0.15) is 39.0 Å². The molecule has 1 aliphatic carbocycles. The summed E-state index contributed by atoms with van der Waals surface area (Å²) >= 11 is 0. The predicted octanol–water partition coefficient (Wildman–Crippen LogP) is 3.40. The third kappa shape index (κ3) is 3.84. The minimum atomic E-state index is 0.338. The highest BCUT2D eigenvalue weighted by Gasteiger charge is 2.31. The molecule has 0 aliphatic heterocycles. The largest absolute Gasteiger partial charge is 0.497 e. The number of nitrogens with zero attached hydrogens (tertiary/aromatic N) is 1. The lowest BCUT2D eigenvalue weighted by Gasteiger charge is -2.25. The average Bonchev–Trinajstić information content (AvgIpc) is 3.02. The van der Waals surface area contributed by atoms with Gasteiger partial charge in [0.25, 0.3) is 0 Å². The molecule has 0 atom stereocenters. The third-order valence-corrected chi connectivity index (χ3v) is 4.67. The molecule has 1 aromatic rings. The van der Waals surface area contributed by atoms with E-state index in [1.54, 1.807) is 14.2 Å². The molecule has 0 bridgehead atoms. The number of guanidine groups is 1. The van der Waals surface area contributed by atoms with Crippen LogP contribution < -0.4 is 20.5 Å². The Morgan fingerprint density at radius 2 is 2.00 bits per heavy atom. The number of aliphatic imine (C=N–C) groups is 1. The van der Waals surface area contributed by atoms with Crippen LogP contribution in [0.5, 0.6) is 11.5 Å². The highest BCUT2D eigenvalue weighted by atomic mass is 16.5. The Labute approximate surface area is 132 Å². The molecule has 1 saturated carbocycles. The monoisotopic (exact) mass is 305 g/mol. The van der Waals surface area contributed by atoms with Crippen LogP contribution in [-0.4, -0.2) is 26.7 Å². The molecule has 1 aliphatic rings. The minimum absolute atomic E-state index is 0.338. The van der Waals surface area contributed by atoms with Gasteiger partial charge >= 0.3 is 0 Å². The van der Waals surface area contributed by atoms with Gasteiger partial charge in [-0.15, -0.1) is 0 Å². The quantitative estimate of drug-likeness (QED) is 0.624. The van der Waals surface area contributed by atoms with Crippen molar-refractivity contribution < 1.29 is 9.47 Å². The van der Waals surface area contributed by atoms with Crippen molar-refractivity contribution in [2.75, 3.05) is 26.1 Å². The summed E-state index contributed by atoms with van der Waals surface area (Å²) in [6, 6.07) is 5.55. The first kappa shape index (κ1) is 16.5. The average molecular weight is 305 g/mol. The standard InChI is InChI=1S/C17H27N3O2/c1-4-17(9-5-6-10-17)12-19-16(18)20-14-11-13(21-2)7-8-15(14)22-3/h7-8,11H,4-6,9-10,12H2,1-3H3,(H3,18,19,20). The smallest absolute Gasteiger partial charge is 0.193 e. The van der Waals surface area contributed by atoms with Gasteiger partial charge < -0.3 is 20.5 Å². The van der Waals surface area contributed by atoms with E-state index < -0.39 is 0 Å². The molecule has 5 heteroatoms. The summed E-state index contributed by atoms with van der Waals surface area (Å²) in [5, 5.41) is 3.12. The molecule has 5 nitrogen and oxygen atoms in total. The molecule has 1 fully saturated rings. The van der Waals surface area contributed by atoms with Gasteiger partial charge in [0.05, 0.1) is 19.9 Å². The zero-order valence-corrected chi connectivity index (χ0v) is 13.8. The van der Waals surface area contributed by atoms with Crippen LogP contribution in [0.3, 0.4) is 0 Å². The lowest BCUT2D eigenvalue weighted by molar-refractivity contribution is 0.297. The number of hydrogen-bond acceptors (Lipinski definition) is 3. The Morgan fingerprint density at radius 1 is 1.27 bits per heavy atom. The lowest BCUT2D eigenvalue weighted by Crippen LogP contribution is -2.27. The second-order valence-corrected chi connectivity index (χ2v) is 5.95. The molecular formula is C17H27N3O2. The maximum atomic E-state index is 6.06. The zero-order valence-electron chi connectivity index (χ0n) is 13.8. The lowest BCUT2D eigenvalue weighted by atomic mass is 9.84. The number of nitrogens with two attached hydrogens (primary N) is 1. The van der Waals surface area contributed by atoms with E-state index in [1.165, 1.54) is 25.7 Å². The summed E-state index contributed by atoms with van der Waals surface area (Å²) in [5.74, 6) is 1.88. The first-order chi connectivity index (χ1) is 10.6. The maximum Gasteiger partial charge on any atom is 0.193 e. The first-order valence-corrected chi connectivity index (χ1v) is 7.91. The number of anilines is 1. The minimum Gasteiger partial charge on any atom is -0.497 e. The highest BCUT2D eigenvalue weighted by Crippen LogP contribution is 2.41. The molecule has 3 N–H and O–H groups in total. The summed E-state index contributed by atoms with van der Waals surface area (Å²) in [5.41, 5.74) is 7.16. The molecule has 2 rings (SSSR count). The van der Waals surface area contributed by atoms with E-state index in [1.807, 2.05) is 18.2 Å². The van der Waals surface area contributed by atoms with Crippen molar-refractivity contribution in [2.45, 2.75) is 39.0 Å². The van der Waals surface area contributed by atoms with E-state index in [4.69, 9.17) is 15.2 Å². The molecular weight excluding hydrogens is 278 g/mol. The summed E-state index contributed by atoms with van der Waals surface area (Å²) in [4.78, 5) is 4.56. The fourth-order valence-electron chi connectivity index (χ4n) is 3.09. The molecule has 1 aromatic carbocycles. The van der Waals surface area contributed by atoms with E-state index in [9.17, 15) is 0 Å². The number of benzene rings is 1. The van der Waals surface area contributed by atoms with Gasteiger partial charge in [0.1, 0.15) is 11.5 Å². The Bertz CT molecular complexity index is 523. The van der Waals surface area contributed by atoms with Gasteiger partial charge in [0, 0.05) is 12.6 Å². The molecule has 0 saturated heterocycles. The zero-order chi connectivity index (χ0) is 16.0. The second kappa shape index (κ2) is 7.38. The Kier molecular flexibility index (Phi) is 5.52. The highest BCUT2D eigenvalue weighted by molar-refractivity contribution is 5.94. The van der Waals surface area contributed by atoms with Crippen LogP contribution in [0.15, 0.2) is 23.2 Å². The Morgan fingerprint density at radius 3 is 2.59 bits per heavy atom. The molecule has 122 valence electrons.